The molecule has 0 aliphatic heterocycles. The third-order valence-corrected chi connectivity index (χ3v) is 3.51. The summed E-state index contributed by atoms with van der Waals surface area (Å²) in [6, 6.07) is 12.3. The molecule has 1 unspecified atom stereocenters. The monoisotopic (exact) mass is 293 g/mol. The SMILES string of the molecule is COc1ccc(CC(C)(N)c2cccc(Cl)c2)cc1F. The molecule has 4 heteroatoms. The summed E-state index contributed by atoms with van der Waals surface area (Å²) in [5.41, 5.74) is 7.46. The molecule has 0 saturated carbocycles. The number of halogens is 2. The van der Waals surface area contributed by atoms with Crippen molar-refractivity contribution in [2.45, 2.75) is 18.9 Å². The van der Waals surface area contributed by atoms with Crippen LogP contribution in [0.1, 0.15) is 18.1 Å². The van der Waals surface area contributed by atoms with Gasteiger partial charge in [0.1, 0.15) is 0 Å². The zero-order valence-electron chi connectivity index (χ0n) is 11.5. The Morgan fingerprint density at radius 3 is 2.60 bits per heavy atom. The Hall–Kier alpha value is -1.58. The molecule has 0 aromatic heterocycles. The van der Waals surface area contributed by atoms with Crippen LogP contribution >= 0.6 is 11.6 Å². The van der Waals surface area contributed by atoms with Gasteiger partial charge >= 0.3 is 0 Å². The molecule has 2 nitrogen and oxygen atoms in total. The van der Waals surface area contributed by atoms with Crippen LogP contribution in [0.4, 0.5) is 4.39 Å². The van der Waals surface area contributed by atoms with Crippen LogP contribution in [0.25, 0.3) is 0 Å². The lowest BCUT2D eigenvalue weighted by molar-refractivity contribution is 0.385. The normalized spacial score (nSPS) is 13.8. The van der Waals surface area contributed by atoms with Gasteiger partial charge in [0.05, 0.1) is 7.11 Å². The topological polar surface area (TPSA) is 35.2 Å². The minimum Gasteiger partial charge on any atom is -0.494 e. The van der Waals surface area contributed by atoms with Crippen LogP contribution < -0.4 is 10.5 Å². The van der Waals surface area contributed by atoms with Gasteiger partial charge in [-0.2, -0.15) is 0 Å². The van der Waals surface area contributed by atoms with Crippen molar-refractivity contribution in [1.29, 1.82) is 0 Å². The molecule has 0 amide bonds. The fraction of sp³-hybridized carbons (Fsp3) is 0.250. The number of hydrogen-bond acceptors (Lipinski definition) is 2. The van der Waals surface area contributed by atoms with E-state index in [1.54, 1.807) is 12.1 Å². The molecule has 0 aliphatic carbocycles. The van der Waals surface area contributed by atoms with Gasteiger partial charge in [-0.05, 0) is 48.7 Å². The van der Waals surface area contributed by atoms with Gasteiger partial charge in [0, 0.05) is 10.6 Å². The first-order chi connectivity index (χ1) is 9.42. The summed E-state index contributed by atoms with van der Waals surface area (Å²) in [4.78, 5) is 0. The highest BCUT2D eigenvalue weighted by molar-refractivity contribution is 6.30. The average Bonchev–Trinajstić information content (AvgIpc) is 2.38. The number of ether oxygens (including phenoxy) is 1. The molecule has 2 N–H and O–H groups in total. The summed E-state index contributed by atoms with van der Waals surface area (Å²) >= 11 is 5.99. The van der Waals surface area contributed by atoms with E-state index in [4.69, 9.17) is 22.1 Å². The quantitative estimate of drug-likeness (QED) is 0.928. The van der Waals surface area contributed by atoms with Crippen LogP contribution in [0, 0.1) is 5.82 Å². The molecule has 2 aromatic rings. The fourth-order valence-corrected chi connectivity index (χ4v) is 2.38. The lowest BCUT2D eigenvalue weighted by Gasteiger charge is -2.25. The molecule has 106 valence electrons. The van der Waals surface area contributed by atoms with E-state index in [9.17, 15) is 4.39 Å². The molecule has 0 spiro atoms. The van der Waals surface area contributed by atoms with Crippen molar-refractivity contribution in [3.05, 3.63) is 64.4 Å². The van der Waals surface area contributed by atoms with E-state index in [1.807, 2.05) is 31.2 Å². The maximum Gasteiger partial charge on any atom is 0.165 e. The molecule has 0 radical (unpaired) electrons. The summed E-state index contributed by atoms with van der Waals surface area (Å²) in [6.45, 7) is 1.90. The Bertz CT molecular complexity index is 613. The van der Waals surface area contributed by atoms with E-state index >= 15 is 0 Å². The molecule has 0 saturated heterocycles. The Morgan fingerprint density at radius 2 is 2.00 bits per heavy atom. The van der Waals surface area contributed by atoms with Gasteiger partial charge in [-0.3, -0.25) is 0 Å². The van der Waals surface area contributed by atoms with E-state index in [1.165, 1.54) is 13.2 Å². The lowest BCUT2D eigenvalue weighted by Crippen LogP contribution is -2.35. The van der Waals surface area contributed by atoms with Crippen molar-refractivity contribution in [2.24, 2.45) is 5.73 Å². The second kappa shape index (κ2) is 5.81. The number of methoxy groups -OCH3 is 1. The van der Waals surface area contributed by atoms with Crippen LogP contribution in [-0.4, -0.2) is 7.11 Å². The van der Waals surface area contributed by atoms with E-state index in [2.05, 4.69) is 0 Å². The van der Waals surface area contributed by atoms with Gasteiger partial charge in [0.25, 0.3) is 0 Å². The highest BCUT2D eigenvalue weighted by Crippen LogP contribution is 2.27. The molecule has 20 heavy (non-hydrogen) atoms. The molecule has 2 rings (SSSR count). The third-order valence-electron chi connectivity index (χ3n) is 3.27. The average molecular weight is 294 g/mol. The standard InChI is InChI=1S/C16H17ClFNO/c1-16(19,12-4-3-5-13(17)9-12)10-11-6-7-15(20-2)14(18)8-11/h3-9H,10,19H2,1-2H3. The maximum atomic E-state index is 13.7. The molecule has 2 aromatic carbocycles. The second-order valence-corrected chi connectivity index (χ2v) is 5.51. The van der Waals surface area contributed by atoms with Gasteiger partial charge in [0.15, 0.2) is 11.6 Å². The molecular formula is C16H17ClFNO. The first kappa shape index (κ1) is 14.8. The summed E-state index contributed by atoms with van der Waals surface area (Å²) in [5, 5.41) is 0.639. The number of hydrogen-bond donors (Lipinski definition) is 1. The van der Waals surface area contributed by atoms with Crippen molar-refractivity contribution in [2.75, 3.05) is 7.11 Å². The molecule has 0 fully saturated rings. The highest BCUT2D eigenvalue weighted by atomic mass is 35.5. The van der Waals surface area contributed by atoms with E-state index < -0.39 is 5.54 Å². The van der Waals surface area contributed by atoms with Crippen LogP contribution in [0.2, 0.25) is 5.02 Å². The lowest BCUT2D eigenvalue weighted by atomic mass is 9.86. The molecule has 0 aliphatic rings. The minimum absolute atomic E-state index is 0.232. The largest absolute Gasteiger partial charge is 0.494 e. The Morgan fingerprint density at radius 1 is 1.25 bits per heavy atom. The van der Waals surface area contributed by atoms with Crippen LogP contribution in [0.5, 0.6) is 5.75 Å². The number of rotatable bonds is 4. The van der Waals surface area contributed by atoms with Gasteiger partial charge in [0.2, 0.25) is 0 Å². The number of nitrogens with two attached hydrogens (primary N) is 1. The van der Waals surface area contributed by atoms with Crippen molar-refractivity contribution in [3.8, 4) is 5.75 Å². The Labute approximate surface area is 123 Å². The Balaban J connectivity index is 2.26. The second-order valence-electron chi connectivity index (χ2n) is 5.07. The molecular weight excluding hydrogens is 277 g/mol. The van der Waals surface area contributed by atoms with Crippen LogP contribution in [0.15, 0.2) is 42.5 Å². The fourth-order valence-electron chi connectivity index (χ4n) is 2.19. The smallest absolute Gasteiger partial charge is 0.165 e. The van der Waals surface area contributed by atoms with Crippen LogP contribution in [0.3, 0.4) is 0 Å². The third kappa shape index (κ3) is 3.30. The maximum absolute atomic E-state index is 13.7. The van der Waals surface area contributed by atoms with Crippen molar-refractivity contribution in [1.82, 2.24) is 0 Å². The highest BCUT2D eigenvalue weighted by Gasteiger charge is 2.22. The zero-order chi connectivity index (χ0) is 14.8. The molecule has 0 bridgehead atoms. The van der Waals surface area contributed by atoms with E-state index in [-0.39, 0.29) is 11.6 Å². The van der Waals surface area contributed by atoms with Gasteiger partial charge < -0.3 is 10.5 Å². The van der Waals surface area contributed by atoms with Gasteiger partial charge in [-0.1, -0.05) is 29.8 Å². The predicted molar refractivity (Wildman–Crippen MR) is 79.6 cm³/mol. The van der Waals surface area contributed by atoms with Crippen molar-refractivity contribution >= 4 is 11.6 Å². The van der Waals surface area contributed by atoms with E-state index in [0.717, 1.165) is 11.1 Å². The van der Waals surface area contributed by atoms with Gasteiger partial charge in [-0.25, -0.2) is 4.39 Å². The zero-order valence-corrected chi connectivity index (χ0v) is 12.2. The summed E-state index contributed by atoms with van der Waals surface area (Å²) in [6.07, 6.45) is 0.508. The van der Waals surface area contributed by atoms with Crippen LogP contribution in [-0.2, 0) is 12.0 Å². The summed E-state index contributed by atoms with van der Waals surface area (Å²) in [5.74, 6) is -0.151. The first-order valence-electron chi connectivity index (χ1n) is 6.30. The summed E-state index contributed by atoms with van der Waals surface area (Å²) in [7, 11) is 1.44. The minimum atomic E-state index is -0.619. The van der Waals surface area contributed by atoms with Gasteiger partial charge in [-0.15, -0.1) is 0 Å². The molecule has 0 heterocycles. The summed E-state index contributed by atoms with van der Waals surface area (Å²) < 4.78 is 18.6. The van der Waals surface area contributed by atoms with E-state index in [0.29, 0.717) is 11.4 Å². The van der Waals surface area contributed by atoms with Crippen molar-refractivity contribution in [3.63, 3.8) is 0 Å². The number of benzene rings is 2. The first-order valence-corrected chi connectivity index (χ1v) is 6.67. The molecule has 1 atom stereocenters. The van der Waals surface area contributed by atoms with Crippen molar-refractivity contribution < 1.29 is 9.13 Å². The Kier molecular flexibility index (Phi) is 4.31. The predicted octanol–water partition coefficient (Wildman–Crippen LogP) is 3.90.